The van der Waals surface area contributed by atoms with Crippen LogP contribution in [-0.2, 0) is 6.54 Å². The van der Waals surface area contributed by atoms with Gasteiger partial charge in [-0.25, -0.2) is 4.39 Å². The standard InChI is InChI=1S/C34H39FN4O5/c1-22-18-30(34(42)39-16-10-25(11-17-39)32(40)24-5-7-27(43-2)8-6-24)36-20-28(22)33(41)37-26-12-14-38(15-13-26)21-23-4-9-31(44-3)29(35)19-23/h4-9,18-20,25-26H,10-17,21H2,1-3H3,(H,37,41). The molecule has 3 heterocycles. The number of nitrogens with one attached hydrogen (secondary N) is 1. The van der Waals surface area contributed by atoms with Crippen molar-refractivity contribution in [3.8, 4) is 11.5 Å². The van der Waals surface area contributed by atoms with Gasteiger partial charge in [0, 0.05) is 56.4 Å². The number of halogens is 1. The molecule has 0 unspecified atom stereocenters. The highest BCUT2D eigenvalue weighted by atomic mass is 19.1. The second-order valence-electron chi connectivity index (χ2n) is 11.5. The van der Waals surface area contributed by atoms with Crippen molar-refractivity contribution in [1.82, 2.24) is 20.1 Å². The van der Waals surface area contributed by atoms with Crippen molar-refractivity contribution in [2.24, 2.45) is 5.92 Å². The lowest BCUT2D eigenvalue weighted by atomic mass is 9.88. The van der Waals surface area contributed by atoms with Gasteiger partial charge >= 0.3 is 0 Å². The van der Waals surface area contributed by atoms with Crippen molar-refractivity contribution in [2.75, 3.05) is 40.4 Å². The summed E-state index contributed by atoms with van der Waals surface area (Å²) in [7, 11) is 3.04. The summed E-state index contributed by atoms with van der Waals surface area (Å²) in [6.45, 7) is 4.96. The maximum absolute atomic E-state index is 14.0. The molecule has 5 rings (SSSR count). The second-order valence-corrected chi connectivity index (χ2v) is 11.5. The molecule has 0 radical (unpaired) electrons. The first-order chi connectivity index (χ1) is 21.2. The monoisotopic (exact) mass is 602 g/mol. The van der Waals surface area contributed by atoms with E-state index in [4.69, 9.17) is 9.47 Å². The van der Waals surface area contributed by atoms with Gasteiger partial charge in [0.1, 0.15) is 11.4 Å². The summed E-state index contributed by atoms with van der Waals surface area (Å²) in [6.07, 6.45) is 4.22. The minimum atomic E-state index is -0.370. The Kier molecular flexibility index (Phi) is 9.89. The van der Waals surface area contributed by atoms with Crippen LogP contribution in [0.5, 0.6) is 11.5 Å². The maximum atomic E-state index is 14.0. The van der Waals surface area contributed by atoms with Crippen LogP contribution < -0.4 is 14.8 Å². The highest BCUT2D eigenvalue weighted by Gasteiger charge is 2.29. The third-order valence-electron chi connectivity index (χ3n) is 8.65. The number of aryl methyl sites for hydroxylation is 1. The Morgan fingerprint density at radius 3 is 2.25 bits per heavy atom. The van der Waals surface area contributed by atoms with Crippen molar-refractivity contribution < 1.29 is 28.2 Å². The molecule has 44 heavy (non-hydrogen) atoms. The Labute approximate surface area is 257 Å². The van der Waals surface area contributed by atoms with Crippen LogP contribution in [0.1, 0.15) is 68.0 Å². The number of likely N-dealkylation sites (tertiary alicyclic amines) is 2. The van der Waals surface area contributed by atoms with Crippen LogP contribution in [-0.4, -0.2) is 78.8 Å². The van der Waals surface area contributed by atoms with Crippen molar-refractivity contribution in [3.05, 3.63) is 88.5 Å². The van der Waals surface area contributed by atoms with Gasteiger partial charge in [-0.05, 0) is 86.2 Å². The van der Waals surface area contributed by atoms with Gasteiger partial charge in [0.15, 0.2) is 17.3 Å². The molecule has 2 saturated heterocycles. The van der Waals surface area contributed by atoms with Crippen LogP contribution in [0.25, 0.3) is 0 Å². The summed E-state index contributed by atoms with van der Waals surface area (Å²) >= 11 is 0. The predicted octanol–water partition coefficient (Wildman–Crippen LogP) is 4.68. The van der Waals surface area contributed by atoms with Crippen LogP contribution in [0.3, 0.4) is 0 Å². The van der Waals surface area contributed by atoms with E-state index in [1.54, 1.807) is 48.4 Å². The van der Waals surface area contributed by atoms with E-state index >= 15 is 0 Å². The molecule has 0 spiro atoms. The summed E-state index contributed by atoms with van der Waals surface area (Å²) in [4.78, 5) is 47.6. The van der Waals surface area contributed by atoms with Gasteiger partial charge in [0.25, 0.3) is 11.8 Å². The van der Waals surface area contributed by atoms with Crippen molar-refractivity contribution >= 4 is 17.6 Å². The van der Waals surface area contributed by atoms with E-state index in [0.29, 0.717) is 60.6 Å². The molecule has 1 N–H and O–H groups in total. The summed E-state index contributed by atoms with van der Waals surface area (Å²) in [5.74, 6) is 0.118. The molecular formula is C34H39FN4O5. The van der Waals surface area contributed by atoms with Gasteiger partial charge in [-0.2, -0.15) is 0 Å². The number of ketones is 1. The van der Waals surface area contributed by atoms with Crippen molar-refractivity contribution in [3.63, 3.8) is 0 Å². The van der Waals surface area contributed by atoms with Crippen LogP contribution in [0.2, 0.25) is 0 Å². The Morgan fingerprint density at radius 1 is 0.932 bits per heavy atom. The summed E-state index contributed by atoms with van der Waals surface area (Å²) in [5, 5.41) is 3.12. The number of carbonyl (C=O) groups excluding carboxylic acids is 3. The highest BCUT2D eigenvalue weighted by Crippen LogP contribution is 2.25. The van der Waals surface area contributed by atoms with E-state index in [2.05, 4.69) is 15.2 Å². The number of methoxy groups -OCH3 is 2. The summed E-state index contributed by atoms with van der Waals surface area (Å²) < 4.78 is 24.2. The zero-order valence-corrected chi connectivity index (χ0v) is 25.5. The molecule has 0 bridgehead atoms. The Balaban J connectivity index is 1.09. The molecule has 2 aliphatic rings. The minimum absolute atomic E-state index is 0.0222. The molecule has 0 aliphatic carbocycles. The number of benzene rings is 2. The fourth-order valence-electron chi connectivity index (χ4n) is 5.97. The number of Topliss-reactive ketones (excluding diaryl/α,β-unsaturated/α-hetero) is 1. The van der Waals surface area contributed by atoms with Gasteiger partial charge in [-0.3, -0.25) is 24.3 Å². The van der Waals surface area contributed by atoms with Crippen LogP contribution in [0, 0.1) is 18.7 Å². The fourth-order valence-corrected chi connectivity index (χ4v) is 5.97. The number of carbonyl (C=O) groups is 3. The molecule has 10 heteroatoms. The Hall–Kier alpha value is -4.31. The summed E-state index contributed by atoms with van der Waals surface area (Å²) in [6, 6.07) is 13.8. The Bertz CT molecular complexity index is 1500. The van der Waals surface area contributed by atoms with E-state index in [1.165, 1.54) is 19.4 Å². The van der Waals surface area contributed by atoms with Gasteiger partial charge in [0.05, 0.1) is 19.8 Å². The van der Waals surface area contributed by atoms with Crippen molar-refractivity contribution in [2.45, 2.75) is 45.2 Å². The second kappa shape index (κ2) is 14.0. The summed E-state index contributed by atoms with van der Waals surface area (Å²) in [5.41, 5.74) is 2.96. The molecule has 0 atom stereocenters. The maximum Gasteiger partial charge on any atom is 0.272 e. The number of ether oxygens (including phenoxy) is 2. The first-order valence-corrected chi connectivity index (χ1v) is 15.1. The normalized spacial score (nSPS) is 16.4. The lowest BCUT2D eigenvalue weighted by Gasteiger charge is -2.32. The van der Waals surface area contributed by atoms with E-state index in [9.17, 15) is 18.8 Å². The van der Waals surface area contributed by atoms with E-state index in [1.807, 2.05) is 13.0 Å². The number of rotatable bonds is 9. The van der Waals surface area contributed by atoms with Crippen LogP contribution in [0.4, 0.5) is 4.39 Å². The number of aromatic nitrogens is 1. The number of nitrogens with zero attached hydrogens (tertiary/aromatic N) is 3. The number of amides is 2. The van der Waals surface area contributed by atoms with Gasteiger partial charge in [-0.15, -0.1) is 0 Å². The van der Waals surface area contributed by atoms with Gasteiger partial charge < -0.3 is 19.7 Å². The number of piperidine rings is 2. The molecule has 232 valence electrons. The quantitative estimate of drug-likeness (QED) is 0.355. The minimum Gasteiger partial charge on any atom is -0.497 e. The SMILES string of the molecule is COc1ccc(C(=O)C2CCN(C(=O)c3cc(C)c(C(=O)NC4CCN(Cc5ccc(OC)c(F)c5)CC4)cn3)CC2)cc1. The number of hydrogen-bond acceptors (Lipinski definition) is 7. The lowest BCUT2D eigenvalue weighted by Crippen LogP contribution is -2.44. The zero-order valence-electron chi connectivity index (χ0n) is 25.5. The highest BCUT2D eigenvalue weighted by molar-refractivity contribution is 5.99. The number of pyridine rings is 1. The number of hydrogen-bond donors (Lipinski definition) is 1. The topological polar surface area (TPSA) is 101 Å². The first kappa shape index (κ1) is 31.1. The van der Waals surface area contributed by atoms with Gasteiger partial charge in [-0.1, -0.05) is 6.07 Å². The molecule has 0 saturated carbocycles. The smallest absolute Gasteiger partial charge is 0.272 e. The first-order valence-electron chi connectivity index (χ1n) is 15.1. The van der Waals surface area contributed by atoms with Crippen molar-refractivity contribution in [1.29, 1.82) is 0 Å². The molecule has 9 nitrogen and oxygen atoms in total. The molecule has 2 aromatic carbocycles. The predicted molar refractivity (Wildman–Crippen MR) is 164 cm³/mol. The zero-order chi connectivity index (χ0) is 31.2. The van der Waals surface area contributed by atoms with Gasteiger partial charge in [0.2, 0.25) is 0 Å². The Morgan fingerprint density at radius 2 is 1.64 bits per heavy atom. The largest absolute Gasteiger partial charge is 0.497 e. The van der Waals surface area contributed by atoms with Crippen LogP contribution >= 0.6 is 0 Å². The average molecular weight is 603 g/mol. The third-order valence-corrected chi connectivity index (χ3v) is 8.65. The van der Waals surface area contributed by atoms with Crippen LogP contribution in [0.15, 0.2) is 54.7 Å². The molecule has 1 aromatic heterocycles. The van der Waals surface area contributed by atoms with E-state index in [-0.39, 0.29) is 41.1 Å². The average Bonchev–Trinajstić information content (AvgIpc) is 3.05. The molecule has 3 aromatic rings. The fraction of sp³-hybridized carbons (Fsp3) is 0.412. The van der Waals surface area contributed by atoms with E-state index in [0.717, 1.165) is 31.5 Å². The lowest BCUT2D eigenvalue weighted by molar-refractivity contribution is 0.0645. The molecule has 2 amide bonds. The molecule has 2 fully saturated rings. The van der Waals surface area contributed by atoms with E-state index < -0.39 is 0 Å². The molecule has 2 aliphatic heterocycles. The molecular weight excluding hydrogens is 563 g/mol. The third kappa shape index (κ3) is 7.24.